The van der Waals surface area contributed by atoms with Crippen molar-refractivity contribution in [2.75, 3.05) is 0 Å². The SMILES string of the molecule is Cc1ccc(C#N)nc1CC1CC1. The molecule has 1 aliphatic rings. The van der Waals surface area contributed by atoms with E-state index in [0.29, 0.717) is 5.69 Å². The van der Waals surface area contributed by atoms with E-state index in [1.807, 2.05) is 6.07 Å². The summed E-state index contributed by atoms with van der Waals surface area (Å²) in [5.41, 5.74) is 2.87. The molecule has 0 aromatic carbocycles. The minimum absolute atomic E-state index is 0.543. The molecule has 0 radical (unpaired) electrons. The Morgan fingerprint density at radius 2 is 2.31 bits per heavy atom. The molecule has 0 unspecified atom stereocenters. The Hall–Kier alpha value is -1.36. The summed E-state index contributed by atoms with van der Waals surface area (Å²) in [6, 6.07) is 5.85. The lowest BCUT2D eigenvalue weighted by Gasteiger charge is -2.02. The minimum Gasteiger partial charge on any atom is -0.242 e. The number of aryl methyl sites for hydroxylation is 1. The molecule has 1 aromatic rings. The number of rotatable bonds is 2. The quantitative estimate of drug-likeness (QED) is 0.685. The van der Waals surface area contributed by atoms with Crippen LogP contribution in [0.4, 0.5) is 0 Å². The van der Waals surface area contributed by atoms with Gasteiger partial charge in [-0.3, -0.25) is 0 Å². The molecule has 13 heavy (non-hydrogen) atoms. The molecule has 0 saturated heterocycles. The summed E-state index contributed by atoms with van der Waals surface area (Å²) >= 11 is 0. The van der Waals surface area contributed by atoms with Gasteiger partial charge in [0.1, 0.15) is 11.8 Å². The van der Waals surface area contributed by atoms with Gasteiger partial charge in [0.2, 0.25) is 0 Å². The molecule has 2 rings (SSSR count). The van der Waals surface area contributed by atoms with Gasteiger partial charge in [-0.2, -0.15) is 5.26 Å². The van der Waals surface area contributed by atoms with E-state index in [4.69, 9.17) is 5.26 Å². The smallest absolute Gasteiger partial charge is 0.140 e. The third kappa shape index (κ3) is 1.86. The number of pyridine rings is 1. The topological polar surface area (TPSA) is 36.7 Å². The monoisotopic (exact) mass is 172 g/mol. The maximum Gasteiger partial charge on any atom is 0.140 e. The molecule has 1 heterocycles. The Balaban J connectivity index is 2.25. The molecule has 0 N–H and O–H groups in total. The lowest BCUT2D eigenvalue weighted by atomic mass is 10.1. The van der Waals surface area contributed by atoms with Crippen molar-refractivity contribution in [3.63, 3.8) is 0 Å². The van der Waals surface area contributed by atoms with Crippen LogP contribution < -0.4 is 0 Å². The van der Waals surface area contributed by atoms with Gasteiger partial charge in [0, 0.05) is 5.69 Å². The van der Waals surface area contributed by atoms with Crippen LogP contribution in [0.25, 0.3) is 0 Å². The van der Waals surface area contributed by atoms with Crippen LogP contribution in [0.1, 0.15) is 29.8 Å². The molecular weight excluding hydrogens is 160 g/mol. The van der Waals surface area contributed by atoms with Crippen LogP contribution >= 0.6 is 0 Å². The van der Waals surface area contributed by atoms with Crippen molar-refractivity contribution in [2.45, 2.75) is 26.2 Å². The fraction of sp³-hybridized carbons (Fsp3) is 0.455. The molecule has 2 heteroatoms. The standard InChI is InChI=1S/C11H12N2/c1-8-2-5-10(7-12)13-11(8)6-9-3-4-9/h2,5,9H,3-4,6H2,1H3. The highest BCUT2D eigenvalue weighted by Gasteiger charge is 2.22. The van der Waals surface area contributed by atoms with Crippen molar-refractivity contribution in [3.05, 3.63) is 29.1 Å². The normalized spacial score (nSPS) is 15.4. The van der Waals surface area contributed by atoms with E-state index in [1.165, 1.54) is 18.4 Å². The number of nitrogens with zero attached hydrogens (tertiary/aromatic N) is 2. The van der Waals surface area contributed by atoms with Gasteiger partial charge in [0.05, 0.1) is 0 Å². The molecule has 0 spiro atoms. The molecule has 0 amide bonds. The summed E-state index contributed by atoms with van der Waals surface area (Å²) in [7, 11) is 0. The van der Waals surface area contributed by atoms with E-state index in [-0.39, 0.29) is 0 Å². The molecule has 1 saturated carbocycles. The van der Waals surface area contributed by atoms with Crippen molar-refractivity contribution >= 4 is 0 Å². The summed E-state index contributed by atoms with van der Waals surface area (Å²) in [6.45, 7) is 2.06. The molecule has 1 aromatic heterocycles. The Bertz CT molecular complexity index is 359. The van der Waals surface area contributed by atoms with Crippen LogP contribution in [-0.2, 0) is 6.42 Å². The van der Waals surface area contributed by atoms with Crippen LogP contribution in [0.5, 0.6) is 0 Å². The first-order valence-corrected chi connectivity index (χ1v) is 4.66. The van der Waals surface area contributed by atoms with E-state index in [2.05, 4.69) is 18.0 Å². The third-order valence-corrected chi connectivity index (χ3v) is 2.50. The van der Waals surface area contributed by atoms with Crippen molar-refractivity contribution in [1.82, 2.24) is 4.98 Å². The first-order chi connectivity index (χ1) is 6.29. The van der Waals surface area contributed by atoms with Gasteiger partial charge >= 0.3 is 0 Å². The lowest BCUT2D eigenvalue weighted by Crippen LogP contribution is -1.97. The van der Waals surface area contributed by atoms with E-state index >= 15 is 0 Å². The fourth-order valence-electron chi connectivity index (χ4n) is 1.44. The van der Waals surface area contributed by atoms with E-state index in [1.54, 1.807) is 6.07 Å². The van der Waals surface area contributed by atoms with Crippen LogP contribution in [0.3, 0.4) is 0 Å². The molecule has 66 valence electrons. The zero-order valence-electron chi connectivity index (χ0n) is 7.75. The first kappa shape index (κ1) is 8.25. The number of nitriles is 1. The van der Waals surface area contributed by atoms with Gasteiger partial charge in [0.15, 0.2) is 0 Å². The van der Waals surface area contributed by atoms with Gasteiger partial charge in [0.25, 0.3) is 0 Å². The largest absolute Gasteiger partial charge is 0.242 e. The van der Waals surface area contributed by atoms with Crippen molar-refractivity contribution in [2.24, 2.45) is 5.92 Å². The lowest BCUT2D eigenvalue weighted by molar-refractivity contribution is 0.794. The highest BCUT2D eigenvalue weighted by molar-refractivity contribution is 5.28. The van der Waals surface area contributed by atoms with Crippen LogP contribution in [0.2, 0.25) is 0 Å². The molecule has 0 aliphatic heterocycles. The van der Waals surface area contributed by atoms with Gasteiger partial charge in [-0.15, -0.1) is 0 Å². The van der Waals surface area contributed by atoms with E-state index < -0.39 is 0 Å². The predicted molar refractivity (Wildman–Crippen MR) is 50.1 cm³/mol. The fourth-order valence-corrected chi connectivity index (χ4v) is 1.44. The van der Waals surface area contributed by atoms with Gasteiger partial charge in [-0.05, 0) is 43.7 Å². The zero-order chi connectivity index (χ0) is 9.26. The molecule has 2 nitrogen and oxygen atoms in total. The zero-order valence-corrected chi connectivity index (χ0v) is 7.75. The summed E-state index contributed by atoms with van der Waals surface area (Å²) in [4.78, 5) is 4.31. The van der Waals surface area contributed by atoms with Crippen molar-refractivity contribution in [1.29, 1.82) is 5.26 Å². The minimum atomic E-state index is 0.543. The third-order valence-electron chi connectivity index (χ3n) is 2.50. The molecule has 1 fully saturated rings. The Labute approximate surface area is 78.2 Å². The summed E-state index contributed by atoms with van der Waals surface area (Å²) < 4.78 is 0. The van der Waals surface area contributed by atoms with Crippen molar-refractivity contribution < 1.29 is 0 Å². The molecule has 0 atom stereocenters. The Kier molecular flexibility index (Phi) is 2.02. The highest BCUT2D eigenvalue weighted by atomic mass is 14.7. The van der Waals surface area contributed by atoms with Gasteiger partial charge in [-0.1, -0.05) is 6.07 Å². The average molecular weight is 172 g/mol. The molecule has 1 aliphatic carbocycles. The van der Waals surface area contributed by atoms with E-state index in [0.717, 1.165) is 18.0 Å². The maximum atomic E-state index is 8.69. The Morgan fingerprint density at radius 1 is 1.54 bits per heavy atom. The number of aromatic nitrogens is 1. The average Bonchev–Trinajstić information content (AvgIpc) is 2.93. The summed E-state index contributed by atoms with van der Waals surface area (Å²) in [6.07, 6.45) is 3.72. The number of hydrogen-bond acceptors (Lipinski definition) is 2. The predicted octanol–water partition coefficient (Wildman–Crippen LogP) is 2.21. The summed E-state index contributed by atoms with van der Waals surface area (Å²) in [5.74, 6) is 0.833. The summed E-state index contributed by atoms with van der Waals surface area (Å²) in [5, 5.41) is 8.69. The van der Waals surface area contributed by atoms with Gasteiger partial charge < -0.3 is 0 Å². The van der Waals surface area contributed by atoms with Crippen LogP contribution in [0, 0.1) is 24.2 Å². The van der Waals surface area contributed by atoms with Crippen molar-refractivity contribution in [3.8, 4) is 6.07 Å². The van der Waals surface area contributed by atoms with Gasteiger partial charge in [-0.25, -0.2) is 4.98 Å². The van der Waals surface area contributed by atoms with Crippen LogP contribution in [0.15, 0.2) is 12.1 Å². The highest BCUT2D eigenvalue weighted by Crippen LogP contribution is 2.32. The Morgan fingerprint density at radius 3 is 2.92 bits per heavy atom. The van der Waals surface area contributed by atoms with E-state index in [9.17, 15) is 0 Å². The second kappa shape index (κ2) is 3.18. The second-order valence-electron chi connectivity index (χ2n) is 3.72. The molecule has 0 bridgehead atoms. The van der Waals surface area contributed by atoms with Crippen LogP contribution in [-0.4, -0.2) is 4.98 Å². The number of hydrogen-bond donors (Lipinski definition) is 0. The molecular formula is C11H12N2. The maximum absolute atomic E-state index is 8.69. The first-order valence-electron chi connectivity index (χ1n) is 4.66. The second-order valence-corrected chi connectivity index (χ2v) is 3.72.